The van der Waals surface area contributed by atoms with Crippen LogP contribution in [0, 0.1) is 0 Å². The Bertz CT molecular complexity index is 1230. The van der Waals surface area contributed by atoms with Crippen molar-refractivity contribution in [3.8, 4) is 11.1 Å². The number of methoxy groups -OCH3 is 1. The molecular weight excluding hydrogens is 410 g/mol. The molecule has 0 bridgehead atoms. The summed E-state index contributed by atoms with van der Waals surface area (Å²) in [6, 6.07) is 32.6. The minimum Gasteiger partial charge on any atom is -0.462 e. The molecule has 0 radical (unpaired) electrons. The maximum Gasteiger partial charge on any atom is 0.397 e. The lowest BCUT2D eigenvalue weighted by Crippen LogP contribution is -2.38. The van der Waals surface area contributed by atoms with E-state index in [0.29, 0.717) is 12.2 Å². The zero-order valence-electron chi connectivity index (χ0n) is 18.7. The Kier molecular flexibility index (Phi) is 7.16. The van der Waals surface area contributed by atoms with Crippen LogP contribution >= 0.6 is 0 Å². The zero-order chi connectivity index (χ0) is 23.0. The monoisotopic (exact) mass is 437 g/mol. The van der Waals surface area contributed by atoms with Crippen LogP contribution in [0.4, 0.5) is 5.69 Å². The fraction of sp³-hybridized carbons (Fsp3) is 0.172. The normalized spacial score (nSPS) is 10.7. The van der Waals surface area contributed by atoms with Crippen LogP contribution in [0.5, 0.6) is 0 Å². The molecule has 33 heavy (non-hydrogen) atoms. The first-order chi connectivity index (χ1) is 16.2. The van der Waals surface area contributed by atoms with Crippen molar-refractivity contribution in [3.63, 3.8) is 0 Å². The Labute approximate surface area is 194 Å². The van der Waals surface area contributed by atoms with E-state index in [0.717, 1.165) is 30.4 Å². The van der Waals surface area contributed by atoms with Crippen LogP contribution in [0.1, 0.15) is 18.4 Å². The van der Waals surface area contributed by atoms with Gasteiger partial charge in [-0.05, 0) is 64.9 Å². The summed E-state index contributed by atoms with van der Waals surface area (Å²) >= 11 is 0. The number of nitrogens with zero attached hydrogens (tertiary/aromatic N) is 1. The molecule has 4 heteroatoms. The predicted octanol–water partition coefficient (Wildman–Crippen LogP) is 6.04. The third kappa shape index (κ3) is 5.47. The van der Waals surface area contributed by atoms with Gasteiger partial charge in [0.2, 0.25) is 0 Å². The minimum absolute atomic E-state index is 0.454. The molecule has 0 aromatic heterocycles. The summed E-state index contributed by atoms with van der Waals surface area (Å²) in [6.45, 7) is 0.454. The molecule has 0 saturated carbocycles. The average molecular weight is 438 g/mol. The van der Waals surface area contributed by atoms with Crippen LogP contribution in [-0.4, -0.2) is 25.5 Å². The molecule has 4 aromatic rings. The van der Waals surface area contributed by atoms with Gasteiger partial charge < -0.3 is 9.64 Å². The first kappa shape index (κ1) is 22.3. The first-order valence-electron chi connectivity index (χ1n) is 11.2. The highest BCUT2D eigenvalue weighted by atomic mass is 16.5. The molecule has 0 spiro atoms. The molecule has 0 saturated heterocycles. The van der Waals surface area contributed by atoms with Gasteiger partial charge in [-0.1, -0.05) is 78.9 Å². The van der Waals surface area contributed by atoms with Gasteiger partial charge >= 0.3 is 11.9 Å². The molecule has 0 aliphatic carbocycles. The summed E-state index contributed by atoms with van der Waals surface area (Å²) in [7, 11) is 1.23. The molecule has 0 heterocycles. The molecule has 1 amide bonds. The number of unbranched alkanes of at least 4 members (excludes halogenated alkanes) is 1. The zero-order valence-corrected chi connectivity index (χ0v) is 18.7. The standard InChI is InChI=1S/C29H27NO3/c1-33-29(32)28(31)30(20-8-7-11-22-9-3-2-4-10-22)27-18-16-24(17-19-27)26-15-14-23-12-5-6-13-25(23)21-26/h2-6,9-10,12-19,21H,7-8,11,20H2,1H3. The Hall–Kier alpha value is -3.92. The largest absolute Gasteiger partial charge is 0.462 e. The average Bonchev–Trinajstić information content (AvgIpc) is 2.88. The number of carbonyl (C=O) groups excluding carboxylic acids is 2. The number of ether oxygens (including phenoxy) is 1. The lowest BCUT2D eigenvalue weighted by atomic mass is 10.0. The second-order valence-electron chi connectivity index (χ2n) is 8.00. The molecule has 0 aliphatic heterocycles. The second kappa shape index (κ2) is 10.6. The van der Waals surface area contributed by atoms with E-state index in [2.05, 4.69) is 42.5 Å². The van der Waals surface area contributed by atoms with E-state index >= 15 is 0 Å². The summed E-state index contributed by atoms with van der Waals surface area (Å²) in [5, 5.41) is 2.38. The third-order valence-electron chi connectivity index (χ3n) is 5.81. The Balaban J connectivity index is 1.49. The van der Waals surface area contributed by atoms with Crippen LogP contribution in [0.3, 0.4) is 0 Å². The minimum atomic E-state index is -0.850. The summed E-state index contributed by atoms with van der Waals surface area (Å²) in [5.41, 5.74) is 4.12. The van der Waals surface area contributed by atoms with Crippen molar-refractivity contribution in [1.29, 1.82) is 0 Å². The highest BCUT2D eigenvalue weighted by Gasteiger charge is 2.23. The predicted molar refractivity (Wildman–Crippen MR) is 133 cm³/mol. The molecule has 166 valence electrons. The van der Waals surface area contributed by atoms with Crippen LogP contribution in [0.2, 0.25) is 0 Å². The van der Waals surface area contributed by atoms with Gasteiger partial charge in [-0.3, -0.25) is 4.79 Å². The lowest BCUT2D eigenvalue weighted by Gasteiger charge is -2.22. The van der Waals surface area contributed by atoms with Crippen molar-refractivity contribution in [3.05, 3.63) is 103 Å². The number of fused-ring (bicyclic) bond motifs is 1. The van der Waals surface area contributed by atoms with Crippen LogP contribution in [-0.2, 0) is 20.7 Å². The van der Waals surface area contributed by atoms with E-state index < -0.39 is 11.9 Å². The smallest absolute Gasteiger partial charge is 0.397 e. The van der Waals surface area contributed by atoms with Crippen molar-refractivity contribution in [2.75, 3.05) is 18.6 Å². The van der Waals surface area contributed by atoms with Gasteiger partial charge in [0, 0.05) is 12.2 Å². The molecule has 0 N–H and O–H groups in total. The number of carbonyl (C=O) groups is 2. The van der Waals surface area contributed by atoms with Gasteiger partial charge in [-0.25, -0.2) is 4.79 Å². The van der Waals surface area contributed by atoms with Crippen molar-refractivity contribution >= 4 is 28.3 Å². The van der Waals surface area contributed by atoms with Crippen LogP contribution in [0.25, 0.3) is 21.9 Å². The lowest BCUT2D eigenvalue weighted by molar-refractivity contribution is -0.151. The van der Waals surface area contributed by atoms with Crippen molar-refractivity contribution in [2.45, 2.75) is 19.3 Å². The van der Waals surface area contributed by atoms with E-state index in [4.69, 9.17) is 4.74 Å². The Morgan fingerprint density at radius 3 is 2.12 bits per heavy atom. The number of hydrogen-bond acceptors (Lipinski definition) is 3. The van der Waals surface area contributed by atoms with Crippen molar-refractivity contribution in [1.82, 2.24) is 0 Å². The molecule has 4 nitrogen and oxygen atoms in total. The number of esters is 1. The van der Waals surface area contributed by atoms with Gasteiger partial charge in [0.15, 0.2) is 0 Å². The molecule has 0 fully saturated rings. The summed E-state index contributed by atoms with van der Waals surface area (Å²) < 4.78 is 4.69. The third-order valence-corrected chi connectivity index (χ3v) is 5.81. The molecule has 0 unspecified atom stereocenters. The maximum absolute atomic E-state index is 12.7. The number of amides is 1. The van der Waals surface area contributed by atoms with E-state index in [-0.39, 0.29) is 0 Å². The number of rotatable bonds is 7. The summed E-state index contributed by atoms with van der Waals surface area (Å²) in [4.78, 5) is 26.2. The van der Waals surface area contributed by atoms with Crippen molar-refractivity contribution < 1.29 is 14.3 Å². The van der Waals surface area contributed by atoms with Gasteiger partial charge in [0.25, 0.3) is 0 Å². The van der Waals surface area contributed by atoms with Gasteiger partial charge in [0.05, 0.1) is 7.11 Å². The summed E-state index contributed by atoms with van der Waals surface area (Å²) in [5.74, 6) is -1.49. The maximum atomic E-state index is 12.7. The van der Waals surface area contributed by atoms with E-state index in [1.54, 1.807) is 0 Å². The number of anilines is 1. The molecule has 0 aliphatic rings. The number of benzene rings is 4. The SMILES string of the molecule is COC(=O)C(=O)N(CCCCc1ccccc1)c1ccc(-c2ccc3ccccc3c2)cc1. The highest BCUT2D eigenvalue weighted by Crippen LogP contribution is 2.27. The first-order valence-corrected chi connectivity index (χ1v) is 11.2. The highest BCUT2D eigenvalue weighted by molar-refractivity contribution is 6.38. The Morgan fingerprint density at radius 1 is 0.727 bits per heavy atom. The quantitative estimate of drug-likeness (QED) is 0.201. The van der Waals surface area contributed by atoms with Crippen LogP contribution in [0.15, 0.2) is 97.1 Å². The van der Waals surface area contributed by atoms with E-state index in [9.17, 15) is 9.59 Å². The molecular formula is C29H27NO3. The molecule has 4 rings (SSSR count). The van der Waals surface area contributed by atoms with Gasteiger partial charge in [-0.15, -0.1) is 0 Å². The van der Waals surface area contributed by atoms with E-state index in [1.165, 1.54) is 28.3 Å². The van der Waals surface area contributed by atoms with Gasteiger partial charge in [0.1, 0.15) is 0 Å². The fourth-order valence-electron chi connectivity index (χ4n) is 3.99. The fourth-order valence-corrected chi connectivity index (χ4v) is 3.99. The van der Waals surface area contributed by atoms with E-state index in [1.807, 2.05) is 54.6 Å². The topological polar surface area (TPSA) is 46.6 Å². The van der Waals surface area contributed by atoms with Gasteiger partial charge in [-0.2, -0.15) is 0 Å². The Morgan fingerprint density at radius 2 is 1.39 bits per heavy atom. The number of aryl methyl sites for hydroxylation is 1. The van der Waals surface area contributed by atoms with Crippen LogP contribution < -0.4 is 4.90 Å². The summed E-state index contributed by atoms with van der Waals surface area (Å²) in [6.07, 6.45) is 2.64. The van der Waals surface area contributed by atoms with Crippen molar-refractivity contribution in [2.24, 2.45) is 0 Å². The number of hydrogen-bond donors (Lipinski definition) is 0. The molecule has 0 atom stereocenters. The second-order valence-corrected chi connectivity index (χ2v) is 8.00. The molecule has 4 aromatic carbocycles.